The number of anilines is 1. The van der Waals surface area contributed by atoms with Gasteiger partial charge in [-0.25, -0.2) is 4.79 Å². The second-order valence-corrected chi connectivity index (χ2v) is 4.84. The van der Waals surface area contributed by atoms with Crippen molar-refractivity contribution < 1.29 is 4.42 Å². The van der Waals surface area contributed by atoms with Crippen LogP contribution in [0.1, 0.15) is 12.0 Å². The van der Waals surface area contributed by atoms with Gasteiger partial charge >= 0.3 is 5.76 Å². The molecule has 0 bridgehead atoms. The second kappa shape index (κ2) is 5.25. The van der Waals surface area contributed by atoms with Crippen LogP contribution in [0, 0.1) is 0 Å². The van der Waals surface area contributed by atoms with Gasteiger partial charge < -0.3 is 10.2 Å². The van der Waals surface area contributed by atoms with Crippen molar-refractivity contribution >= 4 is 16.8 Å². The molecule has 0 aliphatic rings. The number of nitrogens with two attached hydrogens (primary N) is 1. The summed E-state index contributed by atoms with van der Waals surface area (Å²) in [7, 11) is 0. The average molecular weight is 268 g/mol. The lowest BCUT2D eigenvalue weighted by Gasteiger charge is -2.03. The number of rotatable bonds is 4. The molecule has 3 rings (SSSR count). The molecular formula is C16H16N2O2. The van der Waals surface area contributed by atoms with Gasteiger partial charge in [0.2, 0.25) is 0 Å². The summed E-state index contributed by atoms with van der Waals surface area (Å²) in [6.45, 7) is 0.643. The summed E-state index contributed by atoms with van der Waals surface area (Å²) in [5.41, 5.74) is 8.92. The largest absolute Gasteiger partial charge is 0.419 e. The first-order valence-electron chi connectivity index (χ1n) is 6.67. The van der Waals surface area contributed by atoms with E-state index in [0.29, 0.717) is 17.8 Å². The predicted molar refractivity (Wildman–Crippen MR) is 79.6 cm³/mol. The summed E-state index contributed by atoms with van der Waals surface area (Å²) in [4.78, 5) is 11.8. The maximum atomic E-state index is 11.8. The minimum absolute atomic E-state index is 0.321. The summed E-state index contributed by atoms with van der Waals surface area (Å²) in [6, 6.07) is 15.5. The van der Waals surface area contributed by atoms with Gasteiger partial charge in [0.05, 0.1) is 5.52 Å². The third kappa shape index (κ3) is 2.45. The molecule has 0 amide bonds. The lowest BCUT2D eigenvalue weighted by atomic mass is 10.1. The zero-order valence-corrected chi connectivity index (χ0v) is 11.1. The van der Waals surface area contributed by atoms with Gasteiger partial charge in [-0.3, -0.25) is 4.57 Å². The Morgan fingerprint density at radius 3 is 2.70 bits per heavy atom. The lowest BCUT2D eigenvalue weighted by Crippen LogP contribution is -2.14. The van der Waals surface area contributed by atoms with Crippen molar-refractivity contribution in [3.05, 3.63) is 64.6 Å². The number of hydrogen-bond donors (Lipinski definition) is 1. The van der Waals surface area contributed by atoms with E-state index < -0.39 is 0 Å². The van der Waals surface area contributed by atoms with Crippen molar-refractivity contribution in [2.75, 3.05) is 5.73 Å². The number of oxazole rings is 1. The Morgan fingerprint density at radius 2 is 1.90 bits per heavy atom. The number of hydrogen-bond acceptors (Lipinski definition) is 3. The molecule has 4 nitrogen and oxygen atoms in total. The molecule has 4 heteroatoms. The van der Waals surface area contributed by atoms with Crippen LogP contribution in [0.25, 0.3) is 11.1 Å². The highest BCUT2D eigenvalue weighted by molar-refractivity contribution is 5.76. The molecule has 0 aliphatic carbocycles. The number of nitrogens with zero attached hydrogens (tertiary/aromatic N) is 1. The molecule has 2 aromatic carbocycles. The SMILES string of the molecule is Nc1ccc2c(c1)oc(=O)n2CCCc1ccccc1. The Kier molecular flexibility index (Phi) is 3.29. The van der Waals surface area contributed by atoms with Gasteiger partial charge in [-0.1, -0.05) is 30.3 Å². The minimum atomic E-state index is -0.321. The molecule has 0 unspecified atom stereocenters. The summed E-state index contributed by atoms with van der Waals surface area (Å²) in [5, 5.41) is 0. The van der Waals surface area contributed by atoms with Crippen molar-refractivity contribution in [1.29, 1.82) is 0 Å². The van der Waals surface area contributed by atoms with Crippen molar-refractivity contribution in [3.63, 3.8) is 0 Å². The van der Waals surface area contributed by atoms with Crippen LogP contribution in [0.4, 0.5) is 5.69 Å². The van der Waals surface area contributed by atoms with E-state index >= 15 is 0 Å². The van der Waals surface area contributed by atoms with Gasteiger partial charge in [-0.05, 0) is 30.5 Å². The van der Waals surface area contributed by atoms with E-state index in [2.05, 4.69) is 12.1 Å². The van der Waals surface area contributed by atoms with Gasteiger partial charge in [0.1, 0.15) is 0 Å². The van der Waals surface area contributed by atoms with E-state index in [1.807, 2.05) is 24.3 Å². The number of nitrogen functional groups attached to an aromatic ring is 1. The molecule has 0 saturated heterocycles. The van der Waals surface area contributed by atoms with Crippen LogP contribution in [-0.2, 0) is 13.0 Å². The second-order valence-electron chi connectivity index (χ2n) is 4.84. The summed E-state index contributed by atoms with van der Waals surface area (Å²) in [5.74, 6) is -0.321. The third-order valence-electron chi connectivity index (χ3n) is 3.38. The smallest absolute Gasteiger partial charge is 0.408 e. The van der Waals surface area contributed by atoms with E-state index in [0.717, 1.165) is 18.4 Å². The molecule has 0 atom stereocenters. The maximum absolute atomic E-state index is 11.8. The van der Waals surface area contributed by atoms with Crippen molar-refractivity contribution in [1.82, 2.24) is 4.57 Å². The van der Waals surface area contributed by atoms with Crippen LogP contribution in [0.15, 0.2) is 57.7 Å². The van der Waals surface area contributed by atoms with Gasteiger partial charge in [0.15, 0.2) is 5.58 Å². The molecule has 20 heavy (non-hydrogen) atoms. The first kappa shape index (κ1) is 12.5. The Labute approximate surface area is 116 Å². The van der Waals surface area contributed by atoms with Crippen molar-refractivity contribution in [3.8, 4) is 0 Å². The minimum Gasteiger partial charge on any atom is -0.408 e. The van der Waals surface area contributed by atoms with Gasteiger partial charge in [-0.2, -0.15) is 0 Å². The molecular weight excluding hydrogens is 252 g/mol. The molecule has 102 valence electrons. The molecule has 3 aromatic rings. The van der Waals surface area contributed by atoms with E-state index in [9.17, 15) is 4.79 Å². The molecule has 0 radical (unpaired) electrons. The van der Waals surface area contributed by atoms with Crippen LogP contribution in [0.3, 0.4) is 0 Å². The highest BCUT2D eigenvalue weighted by Gasteiger charge is 2.08. The summed E-state index contributed by atoms with van der Waals surface area (Å²) in [6.07, 6.45) is 1.83. The van der Waals surface area contributed by atoms with Crippen LogP contribution >= 0.6 is 0 Å². The topological polar surface area (TPSA) is 61.2 Å². The van der Waals surface area contributed by atoms with Crippen molar-refractivity contribution in [2.24, 2.45) is 0 Å². The predicted octanol–water partition coefficient (Wildman–Crippen LogP) is 2.81. The Hall–Kier alpha value is -2.49. The van der Waals surface area contributed by atoms with E-state index in [1.165, 1.54) is 5.56 Å². The Balaban J connectivity index is 1.78. The standard InChI is InChI=1S/C16H16N2O2/c17-13-8-9-14-15(11-13)20-16(19)18(14)10-4-7-12-5-2-1-3-6-12/h1-3,5-6,8-9,11H,4,7,10,17H2. The molecule has 0 aliphatic heterocycles. The molecule has 1 aromatic heterocycles. The fourth-order valence-electron chi connectivity index (χ4n) is 2.38. The molecule has 0 saturated carbocycles. The van der Waals surface area contributed by atoms with Crippen LogP contribution < -0.4 is 11.5 Å². The van der Waals surface area contributed by atoms with Gasteiger partial charge in [0.25, 0.3) is 0 Å². The van der Waals surface area contributed by atoms with Crippen LogP contribution in [0.5, 0.6) is 0 Å². The fraction of sp³-hybridized carbons (Fsp3) is 0.188. The highest BCUT2D eigenvalue weighted by Crippen LogP contribution is 2.16. The first-order chi connectivity index (χ1) is 9.74. The Morgan fingerprint density at radius 1 is 1.10 bits per heavy atom. The normalized spacial score (nSPS) is 11.0. The number of aromatic nitrogens is 1. The Bertz CT molecular complexity index is 772. The maximum Gasteiger partial charge on any atom is 0.419 e. The molecule has 0 spiro atoms. The average Bonchev–Trinajstić information content (AvgIpc) is 2.75. The fourth-order valence-corrected chi connectivity index (χ4v) is 2.38. The van der Waals surface area contributed by atoms with Crippen molar-refractivity contribution in [2.45, 2.75) is 19.4 Å². The van der Waals surface area contributed by atoms with Gasteiger partial charge in [0, 0.05) is 18.3 Å². The molecule has 2 N–H and O–H groups in total. The zero-order chi connectivity index (χ0) is 13.9. The number of benzene rings is 2. The molecule has 0 fully saturated rings. The summed E-state index contributed by atoms with van der Waals surface area (Å²) < 4.78 is 6.87. The number of fused-ring (bicyclic) bond motifs is 1. The van der Waals surface area contributed by atoms with E-state index in [1.54, 1.807) is 16.7 Å². The third-order valence-corrected chi connectivity index (χ3v) is 3.38. The highest BCUT2D eigenvalue weighted by atomic mass is 16.4. The first-order valence-corrected chi connectivity index (χ1v) is 6.67. The van der Waals surface area contributed by atoms with Crippen LogP contribution in [-0.4, -0.2) is 4.57 Å². The van der Waals surface area contributed by atoms with Crippen LogP contribution in [0.2, 0.25) is 0 Å². The number of aryl methyl sites for hydroxylation is 2. The summed E-state index contributed by atoms with van der Waals surface area (Å²) >= 11 is 0. The van der Waals surface area contributed by atoms with E-state index in [4.69, 9.17) is 10.2 Å². The van der Waals surface area contributed by atoms with E-state index in [-0.39, 0.29) is 5.76 Å². The quantitative estimate of drug-likeness (QED) is 0.740. The zero-order valence-electron chi connectivity index (χ0n) is 11.1. The van der Waals surface area contributed by atoms with Gasteiger partial charge in [-0.15, -0.1) is 0 Å². The molecule has 1 heterocycles. The lowest BCUT2D eigenvalue weighted by molar-refractivity contribution is 0.497. The monoisotopic (exact) mass is 268 g/mol.